The first kappa shape index (κ1) is 13.6. The molecule has 0 aliphatic rings. The van der Waals surface area contributed by atoms with Crippen molar-refractivity contribution in [2.75, 3.05) is 6.54 Å². The van der Waals surface area contributed by atoms with Crippen LogP contribution in [0.15, 0.2) is 12.1 Å². The lowest BCUT2D eigenvalue weighted by molar-refractivity contribution is 0.167. The van der Waals surface area contributed by atoms with Gasteiger partial charge in [0.2, 0.25) is 0 Å². The Bertz CT molecular complexity index is 358. The van der Waals surface area contributed by atoms with E-state index in [4.69, 9.17) is 23.2 Å². The predicted molar refractivity (Wildman–Crippen MR) is 66.1 cm³/mol. The van der Waals surface area contributed by atoms with Gasteiger partial charge in [0.15, 0.2) is 0 Å². The van der Waals surface area contributed by atoms with Crippen LogP contribution in [0, 0.1) is 0 Å². The molecular formula is C11H15Cl2NO2. The number of nitrogens with one attached hydrogen (secondary N) is 1. The Balaban J connectivity index is 2.60. The molecule has 90 valence electrons. The normalized spacial score (nSPS) is 12.8. The van der Waals surface area contributed by atoms with Crippen LogP contribution < -0.4 is 5.32 Å². The van der Waals surface area contributed by atoms with Gasteiger partial charge in [0.1, 0.15) is 5.75 Å². The van der Waals surface area contributed by atoms with Gasteiger partial charge in [-0.15, -0.1) is 0 Å². The molecule has 1 unspecified atom stereocenters. The molecule has 16 heavy (non-hydrogen) atoms. The van der Waals surface area contributed by atoms with Crippen LogP contribution in [0.4, 0.5) is 0 Å². The van der Waals surface area contributed by atoms with Crippen molar-refractivity contribution in [1.82, 2.24) is 5.32 Å². The van der Waals surface area contributed by atoms with Gasteiger partial charge >= 0.3 is 0 Å². The van der Waals surface area contributed by atoms with Crippen molar-refractivity contribution in [3.05, 3.63) is 27.7 Å². The Kier molecular flexibility index (Phi) is 5.35. The van der Waals surface area contributed by atoms with Gasteiger partial charge in [-0.1, -0.05) is 30.1 Å². The minimum Gasteiger partial charge on any atom is -0.506 e. The zero-order chi connectivity index (χ0) is 12.1. The summed E-state index contributed by atoms with van der Waals surface area (Å²) in [5, 5.41) is 22.7. The van der Waals surface area contributed by atoms with E-state index in [9.17, 15) is 10.2 Å². The Labute approximate surface area is 105 Å². The van der Waals surface area contributed by atoms with Crippen LogP contribution >= 0.6 is 23.2 Å². The van der Waals surface area contributed by atoms with E-state index in [2.05, 4.69) is 5.32 Å². The fraction of sp³-hybridized carbons (Fsp3) is 0.455. The Morgan fingerprint density at radius 3 is 2.69 bits per heavy atom. The molecule has 0 radical (unpaired) electrons. The Morgan fingerprint density at radius 2 is 2.06 bits per heavy atom. The highest BCUT2D eigenvalue weighted by atomic mass is 35.5. The number of phenols is 1. The molecule has 0 amide bonds. The third kappa shape index (κ3) is 3.83. The van der Waals surface area contributed by atoms with Crippen molar-refractivity contribution in [3.8, 4) is 5.75 Å². The number of phenolic OH excluding ortho intramolecular Hbond substituents is 1. The fourth-order valence-electron chi connectivity index (χ4n) is 1.27. The van der Waals surface area contributed by atoms with E-state index in [1.54, 1.807) is 6.07 Å². The molecule has 0 fully saturated rings. The van der Waals surface area contributed by atoms with Crippen molar-refractivity contribution in [2.24, 2.45) is 0 Å². The lowest BCUT2D eigenvalue weighted by Gasteiger charge is -2.11. The van der Waals surface area contributed by atoms with E-state index in [0.717, 1.165) is 0 Å². The smallest absolute Gasteiger partial charge is 0.138 e. The van der Waals surface area contributed by atoms with Crippen molar-refractivity contribution in [2.45, 2.75) is 26.0 Å². The van der Waals surface area contributed by atoms with Gasteiger partial charge in [-0.2, -0.15) is 0 Å². The molecule has 3 nitrogen and oxygen atoms in total. The molecule has 0 aliphatic heterocycles. The monoisotopic (exact) mass is 263 g/mol. The standard InChI is InChI=1S/C11H15Cl2NO2/c1-2-9(15)6-14-5-7-3-8(12)4-10(13)11(7)16/h3-4,9,14-16H,2,5-6H2,1H3. The first-order valence-corrected chi connectivity index (χ1v) is 5.85. The van der Waals surface area contributed by atoms with Gasteiger partial charge in [-0.05, 0) is 18.6 Å². The fourth-order valence-corrected chi connectivity index (χ4v) is 1.81. The zero-order valence-electron chi connectivity index (χ0n) is 9.00. The number of rotatable bonds is 5. The van der Waals surface area contributed by atoms with E-state index in [1.807, 2.05) is 6.92 Å². The van der Waals surface area contributed by atoms with Crippen molar-refractivity contribution in [3.63, 3.8) is 0 Å². The third-order valence-electron chi connectivity index (χ3n) is 2.27. The summed E-state index contributed by atoms with van der Waals surface area (Å²) in [4.78, 5) is 0. The minimum absolute atomic E-state index is 0.0320. The van der Waals surface area contributed by atoms with Crippen LogP contribution in [0.25, 0.3) is 0 Å². The van der Waals surface area contributed by atoms with E-state index in [1.165, 1.54) is 6.07 Å². The number of aromatic hydroxyl groups is 1. The van der Waals surface area contributed by atoms with Crippen LogP contribution in [0.1, 0.15) is 18.9 Å². The largest absolute Gasteiger partial charge is 0.506 e. The van der Waals surface area contributed by atoms with Gasteiger partial charge in [-0.3, -0.25) is 0 Å². The highest BCUT2D eigenvalue weighted by Crippen LogP contribution is 2.30. The molecule has 0 aromatic heterocycles. The first-order chi connectivity index (χ1) is 7.54. The lowest BCUT2D eigenvalue weighted by Crippen LogP contribution is -2.25. The summed E-state index contributed by atoms with van der Waals surface area (Å²) >= 11 is 11.6. The van der Waals surface area contributed by atoms with Crippen LogP contribution in [0.5, 0.6) is 5.75 Å². The number of hydrogen-bond donors (Lipinski definition) is 3. The molecule has 3 N–H and O–H groups in total. The summed E-state index contributed by atoms with van der Waals surface area (Å²) in [6.45, 7) is 2.79. The maximum absolute atomic E-state index is 9.65. The molecule has 0 aliphatic carbocycles. The second kappa shape index (κ2) is 6.30. The van der Waals surface area contributed by atoms with Gasteiger partial charge in [-0.25, -0.2) is 0 Å². The highest BCUT2D eigenvalue weighted by Gasteiger charge is 2.08. The lowest BCUT2D eigenvalue weighted by atomic mass is 10.2. The quantitative estimate of drug-likeness (QED) is 0.766. The van der Waals surface area contributed by atoms with Crippen molar-refractivity contribution >= 4 is 23.2 Å². The van der Waals surface area contributed by atoms with Crippen molar-refractivity contribution in [1.29, 1.82) is 0 Å². The van der Waals surface area contributed by atoms with Crippen LogP contribution in [0.3, 0.4) is 0 Å². The molecule has 0 heterocycles. The van der Waals surface area contributed by atoms with Crippen LogP contribution in [-0.2, 0) is 6.54 Å². The molecule has 5 heteroatoms. The number of aliphatic hydroxyl groups excluding tert-OH is 1. The molecule has 0 saturated heterocycles. The summed E-state index contributed by atoms with van der Waals surface area (Å²) in [6.07, 6.45) is 0.312. The number of aliphatic hydroxyl groups is 1. The maximum Gasteiger partial charge on any atom is 0.138 e. The van der Waals surface area contributed by atoms with Crippen LogP contribution in [-0.4, -0.2) is 22.9 Å². The highest BCUT2D eigenvalue weighted by molar-refractivity contribution is 6.35. The predicted octanol–water partition coefficient (Wildman–Crippen LogP) is 2.56. The maximum atomic E-state index is 9.65. The van der Waals surface area contributed by atoms with Gasteiger partial charge in [0.05, 0.1) is 11.1 Å². The second-order valence-electron chi connectivity index (χ2n) is 3.59. The average Bonchev–Trinajstić information content (AvgIpc) is 2.24. The van der Waals surface area contributed by atoms with Gasteiger partial charge < -0.3 is 15.5 Å². The molecular weight excluding hydrogens is 249 g/mol. The molecule has 1 atom stereocenters. The SMILES string of the molecule is CCC(O)CNCc1cc(Cl)cc(Cl)c1O. The van der Waals surface area contributed by atoms with E-state index in [-0.39, 0.29) is 16.9 Å². The summed E-state index contributed by atoms with van der Waals surface area (Å²) in [7, 11) is 0. The summed E-state index contributed by atoms with van der Waals surface area (Å²) in [5.41, 5.74) is 0.626. The Morgan fingerprint density at radius 1 is 1.38 bits per heavy atom. The van der Waals surface area contributed by atoms with Gasteiger partial charge in [0.25, 0.3) is 0 Å². The van der Waals surface area contributed by atoms with Crippen LogP contribution in [0.2, 0.25) is 10.0 Å². The summed E-state index contributed by atoms with van der Waals surface area (Å²) in [6, 6.07) is 3.14. The number of halogens is 2. The number of benzene rings is 1. The molecule has 1 aromatic rings. The molecule has 1 aromatic carbocycles. The van der Waals surface area contributed by atoms with Gasteiger partial charge in [0, 0.05) is 23.7 Å². The topological polar surface area (TPSA) is 52.5 Å². The average molecular weight is 264 g/mol. The molecule has 0 spiro atoms. The Hall–Kier alpha value is -0.480. The minimum atomic E-state index is -0.378. The van der Waals surface area contributed by atoms with E-state index >= 15 is 0 Å². The number of hydrogen-bond acceptors (Lipinski definition) is 3. The summed E-state index contributed by atoms with van der Waals surface area (Å²) < 4.78 is 0. The molecule has 0 saturated carbocycles. The second-order valence-corrected chi connectivity index (χ2v) is 4.43. The molecule has 0 bridgehead atoms. The van der Waals surface area contributed by atoms with Crippen molar-refractivity contribution < 1.29 is 10.2 Å². The van der Waals surface area contributed by atoms with E-state index < -0.39 is 0 Å². The first-order valence-electron chi connectivity index (χ1n) is 5.10. The summed E-state index contributed by atoms with van der Waals surface area (Å²) in [5.74, 6) is 0.0320. The van der Waals surface area contributed by atoms with E-state index in [0.29, 0.717) is 30.1 Å². The zero-order valence-corrected chi connectivity index (χ0v) is 10.5. The third-order valence-corrected chi connectivity index (χ3v) is 2.78. The molecule has 1 rings (SSSR count).